The Bertz CT molecular complexity index is 540. The summed E-state index contributed by atoms with van der Waals surface area (Å²) in [7, 11) is 0. The molecule has 3 rings (SSSR count). The van der Waals surface area contributed by atoms with Crippen molar-refractivity contribution in [3.8, 4) is 5.75 Å². The largest absolute Gasteiger partial charge is 0.484 e. The van der Waals surface area contributed by atoms with E-state index in [9.17, 15) is 14.3 Å². The number of amides is 1. The molecule has 1 aromatic rings. The lowest BCUT2D eigenvalue weighted by molar-refractivity contribution is -0.180. The zero-order chi connectivity index (χ0) is 16.3. The molecule has 2 aliphatic rings. The third-order valence-electron chi connectivity index (χ3n) is 4.76. The van der Waals surface area contributed by atoms with Gasteiger partial charge in [0.25, 0.3) is 5.91 Å². The van der Waals surface area contributed by atoms with E-state index < -0.39 is 11.7 Å². The highest BCUT2D eigenvalue weighted by Gasteiger charge is 2.44. The number of ether oxygens (including phenoxy) is 2. The van der Waals surface area contributed by atoms with Gasteiger partial charge in [-0.3, -0.25) is 4.79 Å². The van der Waals surface area contributed by atoms with Crippen LogP contribution in [0.15, 0.2) is 24.3 Å². The summed E-state index contributed by atoms with van der Waals surface area (Å²) in [6.07, 6.45) is 2.51. The Kier molecular flexibility index (Phi) is 4.82. The third-order valence-corrected chi connectivity index (χ3v) is 4.76. The molecule has 0 saturated carbocycles. The first-order valence-corrected chi connectivity index (χ1v) is 8.07. The number of nitrogens with zero attached hydrogens (tertiary/aromatic N) is 1. The number of aliphatic hydroxyl groups is 1. The van der Waals surface area contributed by atoms with Gasteiger partial charge in [0.05, 0.1) is 11.7 Å². The van der Waals surface area contributed by atoms with Crippen molar-refractivity contribution in [3.05, 3.63) is 30.1 Å². The van der Waals surface area contributed by atoms with Crippen molar-refractivity contribution in [1.29, 1.82) is 0 Å². The molecule has 2 fully saturated rings. The second-order valence-electron chi connectivity index (χ2n) is 6.19. The summed E-state index contributed by atoms with van der Waals surface area (Å²) < 4.78 is 24.0. The van der Waals surface area contributed by atoms with Gasteiger partial charge in [-0.25, -0.2) is 4.39 Å². The van der Waals surface area contributed by atoms with Crippen molar-refractivity contribution < 1.29 is 23.8 Å². The van der Waals surface area contributed by atoms with Crippen molar-refractivity contribution in [2.24, 2.45) is 0 Å². The Labute approximate surface area is 135 Å². The molecule has 0 aromatic heterocycles. The quantitative estimate of drug-likeness (QED) is 0.920. The number of piperidine rings is 1. The van der Waals surface area contributed by atoms with Crippen LogP contribution in [0.1, 0.15) is 25.7 Å². The Morgan fingerprint density at radius 2 is 2.04 bits per heavy atom. The Hall–Kier alpha value is -1.66. The van der Waals surface area contributed by atoms with Crippen molar-refractivity contribution in [3.63, 3.8) is 0 Å². The van der Waals surface area contributed by atoms with Crippen LogP contribution in [0, 0.1) is 5.82 Å². The third kappa shape index (κ3) is 3.64. The van der Waals surface area contributed by atoms with E-state index in [1.165, 1.54) is 24.3 Å². The highest BCUT2D eigenvalue weighted by Crippen LogP contribution is 2.35. The van der Waals surface area contributed by atoms with Gasteiger partial charge in [-0.15, -0.1) is 0 Å². The van der Waals surface area contributed by atoms with Crippen LogP contribution < -0.4 is 4.74 Å². The summed E-state index contributed by atoms with van der Waals surface area (Å²) in [6, 6.07) is 5.60. The first kappa shape index (κ1) is 16.2. The lowest BCUT2D eigenvalue weighted by Gasteiger charge is -2.46. The minimum absolute atomic E-state index is 0.0674. The Balaban J connectivity index is 1.49. The lowest BCUT2D eigenvalue weighted by Crippen LogP contribution is -2.56. The SMILES string of the molecule is O=C(COc1ccc(F)cc1)N1CCC2(CC1)OCCCC2O. The Morgan fingerprint density at radius 3 is 2.70 bits per heavy atom. The van der Waals surface area contributed by atoms with Crippen LogP contribution in [0.25, 0.3) is 0 Å². The molecule has 23 heavy (non-hydrogen) atoms. The average Bonchev–Trinajstić information content (AvgIpc) is 2.58. The maximum absolute atomic E-state index is 12.8. The highest BCUT2D eigenvalue weighted by molar-refractivity contribution is 5.77. The second-order valence-corrected chi connectivity index (χ2v) is 6.19. The van der Waals surface area contributed by atoms with Gasteiger partial charge in [0.1, 0.15) is 11.6 Å². The minimum atomic E-state index is -0.479. The van der Waals surface area contributed by atoms with Gasteiger partial charge in [0.2, 0.25) is 0 Å². The molecule has 0 bridgehead atoms. The topological polar surface area (TPSA) is 59.0 Å². The van der Waals surface area contributed by atoms with Gasteiger partial charge in [-0.05, 0) is 49.9 Å². The van der Waals surface area contributed by atoms with Gasteiger partial charge < -0.3 is 19.5 Å². The monoisotopic (exact) mass is 323 g/mol. The molecule has 1 aromatic carbocycles. The molecule has 0 radical (unpaired) electrons. The van der Waals surface area contributed by atoms with E-state index in [0.717, 1.165) is 12.8 Å². The second kappa shape index (κ2) is 6.84. The lowest BCUT2D eigenvalue weighted by atomic mass is 9.82. The minimum Gasteiger partial charge on any atom is -0.484 e. The number of hydrogen-bond acceptors (Lipinski definition) is 4. The van der Waals surface area contributed by atoms with Crippen LogP contribution in [-0.4, -0.2) is 53.9 Å². The molecule has 5 nitrogen and oxygen atoms in total. The number of aliphatic hydroxyl groups excluding tert-OH is 1. The first-order valence-electron chi connectivity index (χ1n) is 8.07. The summed E-state index contributed by atoms with van der Waals surface area (Å²) in [5.41, 5.74) is -0.479. The fourth-order valence-corrected chi connectivity index (χ4v) is 3.29. The van der Waals surface area contributed by atoms with Crippen LogP contribution in [0.2, 0.25) is 0 Å². The summed E-state index contributed by atoms with van der Waals surface area (Å²) in [4.78, 5) is 14.0. The van der Waals surface area contributed by atoms with E-state index in [1.54, 1.807) is 4.90 Å². The summed E-state index contributed by atoms with van der Waals surface area (Å²) in [5.74, 6) is 0.0322. The van der Waals surface area contributed by atoms with Crippen LogP contribution in [0.5, 0.6) is 5.75 Å². The van der Waals surface area contributed by atoms with Gasteiger partial charge in [-0.1, -0.05) is 0 Å². The molecular weight excluding hydrogens is 301 g/mol. The Morgan fingerprint density at radius 1 is 1.35 bits per heavy atom. The molecule has 2 heterocycles. The predicted octanol–water partition coefficient (Wildman–Crippen LogP) is 1.74. The maximum atomic E-state index is 12.8. The fraction of sp³-hybridized carbons (Fsp3) is 0.588. The first-order chi connectivity index (χ1) is 11.1. The van der Waals surface area contributed by atoms with E-state index in [1.807, 2.05) is 0 Å². The van der Waals surface area contributed by atoms with Gasteiger partial charge in [-0.2, -0.15) is 0 Å². The number of halogens is 1. The standard InChI is InChI=1S/C17H22FNO4/c18-13-3-5-14(6-4-13)22-12-16(21)19-9-7-17(8-10-19)15(20)2-1-11-23-17/h3-6,15,20H,1-2,7-12H2. The molecule has 0 aliphatic carbocycles. The van der Waals surface area contributed by atoms with E-state index in [4.69, 9.17) is 9.47 Å². The van der Waals surface area contributed by atoms with Crippen LogP contribution in [0.4, 0.5) is 4.39 Å². The van der Waals surface area contributed by atoms with Crippen LogP contribution >= 0.6 is 0 Å². The number of rotatable bonds is 3. The molecule has 1 atom stereocenters. The van der Waals surface area contributed by atoms with Crippen molar-refractivity contribution in [1.82, 2.24) is 4.90 Å². The molecule has 126 valence electrons. The molecule has 2 aliphatic heterocycles. The van der Waals surface area contributed by atoms with Gasteiger partial charge in [0.15, 0.2) is 6.61 Å². The van der Waals surface area contributed by atoms with Crippen molar-refractivity contribution >= 4 is 5.91 Å². The highest BCUT2D eigenvalue weighted by atomic mass is 19.1. The average molecular weight is 323 g/mol. The number of carbonyl (C=O) groups excluding carboxylic acids is 1. The van der Waals surface area contributed by atoms with E-state index in [2.05, 4.69) is 0 Å². The van der Waals surface area contributed by atoms with Crippen molar-refractivity contribution in [2.45, 2.75) is 37.4 Å². The molecule has 1 spiro atoms. The molecule has 1 N–H and O–H groups in total. The molecule has 6 heteroatoms. The summed E-state index contributed by atoms with van der Waals surface area (Å²) in [6.45, 7) is 1.73. The molecule has 1 unspecified atom stereocenters. The summed E-state index contributed by atoms with van der Waals surface area (Å²) in [5, 5.41) is 10.2. The smallest absolute Gasteiger partial charge is 0.260 e. The van der Waals surface area contributed by atoms with Crippen molar-refractivity contribution in [2.75, 3.05) is 26.3 Å². The predicted molar refractivity (Wildman–Crippen MR) is 81.6 cm³/mol. The zero-order valence-corrected chi connectivity index (χ0v) is 13.0. The number of likely N-dealkylation sites (tertiary alicyclic amines) is 1. The number of hydrogen-bond donors (Lipinski definition) is 1. The van der Waals surface area contributed by atoms with E-state index in [-0.39, 0.29) is 18.3 Å². The summed E-state index contributed by atoms with van der Waals surface area (Å²) >= 11 is 0. The van der Waals surface area contributed by atoms with Gasteiger partial charge in [0, 0.05) is 19.7 Å². The van der Waals surface area contributed by atoms with Crippen LogP contribution in [0.3, 0.4) is 0 Å². The maximum Gasteiger partial charge on any atom is 0.260 e. The number of benzene rings is 1. The normalized spacial score (nSPS) is 23.7. The van der Waals surface area contributed by atoms with Crippen LogP contribution in [-0.2, 0) is 9.53 Å². The van der Waals surface area contributed by atoms with E-state index in [0.29, 0.717) is 38.3 Å². The number of carbonyl (C=O) groups is 1. The molecule has 1 amide bonds. The van der Waals surface area contributed by atoms with E-state index >= 15 is 0 Å². The molecular formula is C17H22FNO4. The fourth-order valence-electron chi connectivity index (χ4n) is 3.29. The van der Waals surface area contributed by atoms with Gasteiger partial charge >= 0.3 is 0 Å². The molecule has 2 saturated heterocycles. The zero-order valence-electron chi connectivity index (χ0n) is 13.0.